The van der Waals surface area contributed by atoms with E-state index in [1.54, 1.807) is 0 Å². The molecular weight excluding hydrogens is 252 g/mol. The Bertz CT molecular complexity index is 756. The maximum atomic E-state index is 6.47. The van der Waals surface area contributed by atoms with Gasteiger partial charge in [-0.05, 0) is 46.2 Å². The average Bonchev–Trinajstić information content (AvgIpc) is 2.45. The van der Waals surface area contributed by atoms with Gasteiger partial charge in [-0.1, -0.05) is 61.8 Å². The van der Waals surface area contributed by atoms with Gasteiger partial charge in [-0.15, -0.1) is 0 Å². The van der Waals surface area contributed by atoms with Crippen molar-refractivity contribution in [1.29, 1.82) is 0 Å². The molecule has 96 valence electrons. The van der Waals surface area contributed by atoms with Crippen molar-refractivity contribution in [3.63, 3.8) is 0 Å². The Morgan fingerprint density at radius 1 is 0.737 bits per heavy atom. The van der Waals surface area contributed by atoms with Gasteiger partial charge in [0.15, 0.2) is 0 Å². The van der Waals surface area contributed by atoms with Gasteiger partial charge in [-0.3, -0.25) is 0 Å². The maximum Gasteiger partial charge on any atom is 0.0487 e. The van der Waals surface area contributed by atoms with Gasteiger partial charge in [0.25, 0.3) is 0 Å². The van der Waals surface area contributed by atoms with Gasteiger partial charge in [0.1, 0.15) is 0 Å². The number of fused-ring (bicyclic) bond motifs is 2. The lowest BCUT2D eigenvalue weighted by molar-refractivity contribution is 1.15. The Balaban J connectivity index is 2.65. The third-order valence-corrected chi connectivity index (χ3v) is 4.24. The van der Waals surface area contributed by atoms with E-state index in [1.807, 2.05) is 6.07 Å². The first kappa shape index (κ1) is 12.5. The Labute approximate surface area is 119 Å². The minimum Gasteiger partial charge on any atom is -0.0837 e. The van der Waals surface area contributed by atoms with Crippen LogP contribution in [0.1, 0.15) is 25.0 Å². The van der Waals surface area contributed by atoms with E-state index in [0.717, 1.165) is 17.9 Å². The Morgan fingerprint density at radius 3 is 1.95 bits per heavy atom. The fourth-order valence-electron chi connectivity index (χ4n) is 3.12. The lowest BCUT2D eigenvalue weighted by Gasteiger charge is -2.16. The molecule has 0 saturated carbocycles. The van der Waals surface area contributed by atoms with Crippen LogP contribution in [-0.4, -0.2) is 0 Å². The summed E-state index contributed by atoms with van der Waals surface area (Å²) in [6, 6.07) is 14.9. The molecule has 0 atom stereocenters. The van der Waals surface area contributed by atoms with Gasteiger partial charge in [-0.25, -0.2) is 0 Å². The zero-order valence-electron chi connectivity index (χ0n) is 11.3. The molecule has 0 heterocycles. The van der Waals surface area contributed by atoms with Crippen LogP contribution in [-0.2, 0) is 12.8 Å². The number of hydrogen-bond acceptors (Lipinski definition) is 0. The minimum atomic E-state index is 0.870. The number of aryl methyl sites for hydroxylation is 2. The summed E-state index contributed by atoms with van der Waals surface area (Å²) in [5.74, 6) is 0. The summed E-state index contributed by atoms with van der Waals surface area (Å²) in [6.45, 7) is 4.42. The second-order valence-electron chi connectivity index (χ2n) is 4.87. The summed E-state index contributed by atoms with van der Waals surface area (Å²) in [6.07, 6.45) is 2.03. The monoisotopic (exact) mass is 268 g/mol. The van der Waals surface area contributed by atoms with Crippen LogP contribution in [0.15, 0.2) is 42.5 Å². The van der Waals surface area contributed by atoms with Gasteiger partial charge in [0.2, 0.25) is 0 Å². The molecule has 0 aliphatic rings. The van der Waals surface area contributed by atoms with E-state index >= 15 is 0 Å². The molecule has 0 fully saturated rings. The first-order chi connectivity index (χ1) is 9.27. The highest BCUT2D eigenvalue weighted by Gasteiger charge is 2.13. The largest absolute Gasteiger partial charge is 0.0837 e. The Morgan fingerprint density at radius 2 is 1.32 bits per heavy atom. The molecule has 0 unspecified atom stereocenters. The van der Waals surface area contributed by atoms with Crippen molar-refractivity contribution in [3.05, 3.63) is 58.6 Å². The van der Waals surface area contributed by atoms with Crippen molar-refractivity contribution < 1.29 is 0 Å². The zero-order valence-corrected chi connectivity index (χ0v) is 12.1. The SMILES string of the molecule is CCc1c2ccccc2c(CC)c2c(Cl)cccc12. The minimum absolute atomic E-state index is 0.870. The molecule has 0 amide bonds. The molecule has 0 spiro atoms. The van der Waals surface area contributed by atoms with Crippen LogP contribution in [0, 0.1) is 0 Å². The molecule has 0 aliphatic carbocycles. The number of benzene rings is 3. The third kappa shape index (κ3) is 1.82. The van der Waals surface area contributed by atoms with Crippen molar-refractivity contribution in [2.24, 2.45) is 0 Å². The lowest BCUT2D eigenvalue weighted by atomic mass is 9.89. The molecule has 3 rings (SSSR count). The van der Waals surface area contributed by atoms with Gasteiger partial charge in [0.05, 0.1) is 0 Å². The highest BCUT2D eigenvalue weighted by atomic mass is 35.5. The summed E-state index contributed by atoms with van der Waals surface area (Å²) < 4.78 is 0. The fourth-order valence-corrected chi connectivity index (χ4v) is 3.41. The number of halogens is 1. The van der Waals surface area contributed by atoms with Gasteiger partial charge in [0, 0.05) is 10.4 Å². The van der Waals surface area contributed by atoms with E-state index in [0.29, 0.717) is 0 Å². The number of rotatable bonds is 2. The van der Waals surface area contributed by atoms with Crippen LogP contribution >= 0.6 is 11.6 Å². The molecular formula is C18H17Cl. The molecule has 0 aliphatic heterocycles. The first-order valence-corrected chi connectivity index (χ1v) is 7.26. The molecule has 19 heavy (non-hydrogen) atoms. The average molecular weight is 269 g/mol. The third-order valence-electron chi connectivity index (χ3n) is 3.92. The molecule has 0 saturated heterocycles. The van der Waals surface area contributed by atoms with Crippen LogP contribution < -0.4 is 0 Å². The lowest BCUT2D eigenvalue weighted by Crippen LogP contribution is -1.94. The van der Waals surface area contributed by atoms with Crippen LogP contribution in [0.2, 0.25) is 5.02 Å². The summed E-state index contributed by atoms with van der Waals surface area (Å²) >= 11 is 6.47. The van der Waals surface area contributed by atoms with Crippen LogP contribution in [0.25, 0.3) is 21.5 Å². The Hall–Kier alpha value is -1.53. The molecule has 0 nitrogen and oxygen atoms in total. The van der Waals surface area contributed by atoms with E-state index < -0.39 is 0 Å². The fraction of sp³-hybridized carbons (Fsp3) is 0.222. The topological polar surface area (TPSA) is 0 Å². The molecule has 0 radical (unpaired) electrons. The van der Waals surface area contributed by atoms with E-state index in [9.17, 15) is 0 Å². The molecule has 0 aromatic heterocycles. The van der Waals surface area contributed by atoms with Gasteiger partial charge >= 0.3 is 0 Å². The Kier molecular flexibility index (Phi) is 3.20. The van der Waals surface area contributed by atoms with E-state index in [4.69, 9.17) is 11.6 Å². The van der Waals surface area contributed by atoms with Crippen LogP contribution in [0.5, 0.6) is 0 Å². The molecule has 3 aromatic rings. The summed E-state index contributed by atoms with van der Waals surface area (Å²) in [7, 11) is 0. The molecule has 0 N–H and O–H groups in total. The quantitative estimate of drug-likeness (QED) is 0.518. The highest BCUT2D eigenvalue weighted by Crippen LogP contribution is 2.37. The standard InChI is InChI=1S/C18H17Cl/c1-3-12-14-8-5-6-9-15(14)13(4-2)18-16(12)10-7-11-17(18)19/h5-11H,3-4H2,1-2H3. The summed E-state index contributed by atoms with van der Waals surface area (Å²) in [4.78, 5) is 0. The van der Waals surface area contributed by atoms with Crippen molar-refractivity contribution in [1.82, 2.24) is 0 Å². The predicted octanol–water partition coefficient (Wildman–Crippen LogP) is 5.77. The summed E-state index contributed by atoms with van der Waals surface area (Å²) in [5, 5.41) is 6.14. The highest BCUT2D eigenvalue weighted by molar-refractivity contribution is 6.36. The normalized spacial score (nSPS) is 11.3. The van der Waals surface area contributed by atoms with Crippen molar-refractivity contribution in [2.45, 2.75) is 26.7 Å². The molecule has 3 aromatic carbocycles. The van der Waals surface area contributed by atoms with Crippen LogP contribution in [0.4, 0.5) is 0 Å². The van der Waals surface area contributed by atoms with E-state index in [-0.39, 0.29) is 0 Å². The van der Waals surface area contributed by atoms with E-state index in [2.05, 4.69) is 50.2 Å². The smallest absolute Gasteiger partial charge is 0.0487 e. The molecule has 1 heteroatoms. The van der Waals surface area contributed by atoms with Crippen molar-refractivity contribution in [3.8, 4) is 0 Å². The maximum absolute atomic E-state index is 6.47. The van der Waals surface area contributed by atoms with E-state index in [1.165, 1.54) is 32.7 Å². The second kappa shape index (κ2) is 4.86. The molecule has 0 bridgehead atoms. The van der Waals surface area contributed by atoms with Crippen molar-refractivity contribution >= 4 is 33.1 Å². The van der Waals surface area contributed by atoms with Crippen LogP contribution in [0.3, 0.4) is 0 Å². The first-order valence-electron chi connectivity index (χ1n) is 6.88. The number of hydrogen-bond donors (Lipinski definition) is 0. The predicted molar refractivity (Wildman–Crippen MR) is 85.2 cm³/mol. The van der Waals surface area contributed by atoms with Gasteiger partial charge in [-0.2, -0.15) is 0 Å². The zero-order chi connectivity index (χ0) is 13.4. The van der Waals surface area contributed by atoms with Gasteiger partial charge < -0.3 is 0 Å². The van der Waals surface area contributed by atoms with Crippen molar-refractivity contribution in [2.75, 3.05) is 0 Å². The second-order valence-corrected chi connectivity index (χ2v) is 5.28. The summed E-state index contributed by atoms with van der Waals surface area (Å²) in [5.41, 5.74) is 2.78.